The van der Waals surface area contributed by atoms with Crippen molar-refractivity contribution in [2.75, 3.05) is 13.2 Å². The van der Waals surface area contributed by atoms with Gasteiger partial charge in [-0.25, -0.2) is 0 Å². The summed E-state index contributed by atoms with van der Waals surface area (Å²) in [7, 11) is 0. The van der Waals surface area contributed by atoms with Gasteiger partial charge in [-0.2, -0.15) is 0 Å². The van der Waals surface area contributed by atoms with Crippen LogP contribution in [0.4, 0.5) is 0 Å². The number of pyridine rings is 1. The summed E-state index contributed by atoms with van der Waals surface area (Å²) in [6.45, 7) is 4.09. The second-order valence-electron chi connectivity index (χ2n) is 5.06. The minimum absolute atomic E-state index is 0. The number of halogens is 1. The lowest BCUT2D eigenvalue weighted by Crippen LogP contribution is -2.34. The summed E-state index contributed by atoms with van der Waals surface area (Å²) in [6.07, 6.45) is 8.33. The number of aromatic nitrogens is 1. The summed E-state index contributed by atoms with van der Waals surface area (Å²) in [4.78, 5) is 4.31. The first-order valence-electron chi connectivity index (χ1n) is 7.12. The highest BCUT2D eigenvalue weighted by atomic mass is 35.5. The van der Waals surface area contributed by atoms with Gasteiger partial charge in [0.25, 0.3) is 0 Å². The van der Waals surface area contributed by atoms with E-state index in [9.17, 15) is 0 Å². The van der Waals surface area contributed by atoms with Gasteiger partial charge in [0.2, 0.25) is 0 Å². The van der Waals surface area contributed by atoms with Crippen LogP contribution in [0.1, 0.15) is 50.8 Å². The molecule has 0 bridgehead atoms. The van der Waals surface area contributed by atoms with E-state index in [0.29, 0.717) is 6.04 Å². The highest BCUT2D eigenvalue weighted by Crippen LogP contribution is 2.15. The fourth-order valence-electron chi connectivity index (χ4n) is 2.46. The lowest BCUT2D eigenvalue weighted by Gasteiger charge is -2.23. The normalized spacial score (nSPS) is 20.6. The van der Waals surface area contributed by atoms with Crippen LogP contribution in [0.3, 0.4) is 0 Å². The number of rotatable bonds is 6. The topological polar surface area (TPSA) is 34.1 Å². The Balaban J connectivity index is 0.00000180. The average Bonchev–Trinajstić information content (AvgIpc) is 2.45. The Hall–Kier alpha value is -0.640. The molecule has 1 aliphatic rings. The third-order valence-corrected chi connectivity index (χ3v) is 3.58. The highest BCUT2D eigenvalue weighted by Gasteiger charge is 2.12. The molecule has 2 unspecified atom stereocenters. The Labute approximate surface area is 122 Å². The SMILES string of the molecule is CC(OCCCC1CCCCN1)c1ccccn1.Cl. The van der Waals surface area contributed by atoms with E-state index in [4.69, 9.17) is 4.74 Å². The molecule has 4 heteroatoms. The van der Waals surface area contributed by atoms with Crippen LogP contribution < -0.4 is 5.32 Å². The Morgan fingerprint density at radius 1 is 1.42 bits per heavy atom. The predicted molar refractivity (Wildman–Crippen MR) is 80.7 cm³/mol. The molecule has 1 fully saturated rings. The average molecular weight is 285 g/mol. The van der Waals surface area contributed by atoms with E-state index in [1.54, 1.807) is 0 Å². The van der Waals surface area contributed by atoms with Crippen LogP contribution in [0.25, 0.3) is 0 Å². The van der Waals surface area contributed by atoms with Gasteiger partial charge in [-0.3, -0.25) is 4.98 Å². The van der Waals surface area contributed by atoms with Gasteiger partial charge in [0, 0.05) is 18.8 Å². The molecule has 0 aromatic carbocycles. The minimum atomic E-state index is 0. The Bertz CT molecular complexity index is 328. The van der Waals surface area contributed by atoms with Gasteiger partial charge in [-0.05, 0) is 51.3 Å². The van der Waals surface area contributed by atoms with Crippen LogP contribution in [-0.4, -0.2) is 24.2 Å². The maximum absolute atomic E-state index is 5.83. The third-order valence-electron chi connectivity index (χ3n) is 3.58. The molecule has 1 N–H and O–H groups in total. The van der Waals surface area contributed by atoms with E-state index in [1.165, 1.54) is 32.2 Å². The van der Waals surface area contributed by atoms with E-state index < -0.39 is 0 Å². The number of nitrogens with zero attached hydrogens (tertiary/aromatic N) is 1. The number of piperidine rings is 1. The third kappa shape index (κ3) is 5.89. The molecule has 0 amide bonds. The summed E-state index contributed by atoms with van der Waals surface area (Å²) in [5.74, 6) is 0. The van der Waals surface area contributed by atoms with Crippen molar-refractivity contribution in [1.82, 2.24) is 10.3 Å². The smallest absolute Gasteiger partial charge is 0.0966 e. The first-order valence-corrected chi connectivity index (χ1v) is 7.12. The largest absolute Gasteiger partial charge is 0.372 e. The molecular formula is C15H25ClN2O. The van der Waals surface area contributed by atoms with Crippen LogP contribution >= 0.6 is 12.4 Å². The predicted octanol–water partition coefficient (Wildman–Crippen LogP) is 3.50. The molecule has 2 atom stereocenters. The summed E-state index contributed by atoms with van der Waals surface area (Å²) in [6, 6.07) is 6.68. The molecule has 1 aromatic heterocycles. The van der Waals surface area contributed by atoms with Gasteiger partial charge >= 0.3 is 0 Å². The van der Waals surface area contributed by atoms with E-state index in [0.717, 1.165) is 18.7 Å². The van der Waals surface area contributed by atoms with Gasteiger partial charge in [0.1, 0.15) is 0 Å². The van der Waals surface area contributed by atoms with E-state index in [-0.39, 0.29) is 18.5 Å². The zero-order chi connectivity index (χ0) is 12.6. The van der Waals surface area contributed by atoms with Crippen molar-refractivity contribution in [2.24, 2.45) is 0 Å². The molecule has 1 aromatic rings. The van der Waals surface area contributed by atoms with Crippen molar-refractivity contribution in [3.63, 3.8) is 0 Å². The Morgan fingerprint density at radius 3 is 3.00 bits per heavy atom. The molecule has 108 valence electrons. The van der Waals surface area contributed by atoms with Crippen LogP contribution in [0.5, 0.6) is 0 Å². The minimum Gasteiger partial charge on any atom is -0.372 e. The molecule has 1 aliphatic heterocycles. The molecule has 1 saturated heterocycles. The van der Waals surface area contributed by atoms with Gasteiger partial charge in [0.05, 0.1) is 11.8 Å². The number of hydrogen-bond acceptors (Lipinski definition) is 3. The maximum atomic E-state index is 5.83. The van der Waals surface area contributed by atoms with Crippen LogP contribution in [0.15, 0.2) is 24.4 Å². The molecule has 19 heavy (non-hydrogen) atoms. The molecule has 0 radical (unpaired) electrons. The second-order valence-corrected chi connectivity index (χ2v) is 5.06. The molecule has 2 rings (SSSR count). The number of hydrogen-bond donors (Lipinski definition) is 1. The monoisotopic (exact) mass is 284 g/mol. The van der Waals surface area contributed by atoms with Crippen molar-refractivity contribution in [3.8, 4) is 0 Å². The number of ether oxygens (including phenoxy) is 1. The van der Waals surface area contributed by atoms with Crippen molar-refractivity contribution >= 4 is 12.4 Å². The zero-order valence-corrected chi connectivity index (χ0v) is 12.5. The van der Waals surface area contributed by atoms with Crippen LogP contribution in [0, 0.1) is 0 Å². The maximum Gasteiger partial charge on any atom is 0.0966 e. The van der Waals surface area contributed by atoms with Crippen molar-refractivity contribution in [1.29, 1.82) is 0 Å². The molecule has 3 nitrogen and oxygen atoms in total. The molecule has 0 spiro atoms. The summed E-state index contributed by atoms with van der Waals surface area (Å²) >= 11 is 0. The zero-order valence-electron chi connectivity index (χ0n) is 11.7. The van der Waals surface area contributed by atoms with Gasteiger partial charge in [-0.1, -0.05) is 12.5 Å². The molecular weight excluding hydrogens is 260 g/mol. The second kappa shape index (κ2) is 9.29. The fraction of sp³-hybridized carbons (Fsp3) is 0.667. The van der Waals surface area contributed by atoms with Gasteiger partial charge < -0.3 is 10.1 Å². The van der Waals surface area contributed by atoms with E-state index in [2.05, 4.69) is 17.2 Å². The highest BCUT2D eigenvalue weighted by molar-refractivity contribution is 5.85. The summed E-state index contributed by atoms with van der Waals surface area (Å²) in [5, 5.41) is 3.57. The lowest BCUT2D eigenvalue weighted by atomic mass is 10.0. The standard InChI is InChI=1S/C15H24N2O.ClH/c1-13(15-9-3-5-11-17-15)18-12-6-8-14-7-2-4-10-16-14;/h3,5,9,11,13-14,16H,2,4,6-8,10,12H2,1H3;1H. The fourth-order valence-corrected chi connectivity index (χ4v) is 2.46. The van der Waals surface area contributed by atoms with E-state index >= 15 is 0 Å². The molecule has 0 aliphatic carbocycles. The molecule has 2 heterocycles. The summed E-state index contributed by atoms with van der Waals surface area (Å²) < 4.78 is 5.83. The first kappa shape index (κ1) is 16.4. The van der Waals surface area contributed by atoms with Gasteiger partial charge in [0.15, 0.2) is 0 Å². The van der Waals surface area contributed by atoms with Crippen LogP contribution in [0.2, 0.25) is 0 Å². The first-order chi connectivity index (χ1) is 8.86. The Kier molecular flexibility index (Phi) is 8.03. The van der Waals surface area contributed by atoms with Crippen molar-refractivity contribution in [2.45, 2.75) is 51.2 Å². The Morgan fingerprint density at radius 2 is 2.32 bits per heavy atom. The van der Waals surface area contributed by atoms with Crippen LogP contribution in [-0.2, 0) is 4.74 Å². The summed E-state index contributed by atoms with van der Waals surface area (Å²) in [5.41, 5.74) is 1.02. The van der Waals surface area contributed by atoms with Crippen molar-refractivity contribution in [3.05, 3.63) is 30.1 Å². The quantitative estimate of drug-likeness (QED) is 0.812. The van der Waals surface area contributed by atoms with Gasteiger partial charge in [-0.15, -0.1) is 12.4 Å². The van der Waals surface area contributed by atoms with E-state index in [1.807, 2.05) is 24.4 Å². The lowest BCUT2D eigenvalue weighted by molar-refractivity contribution is 0.0584. The molecule has 0 saturated carbocycles. The number of nitrogens with one attached hydrogen (secondary N) is 1. The van der Waals surface area contributed by atoms with Crippen molar-refractivity contribution < 1.29 is 4.74 Å².